The topological polar surface area (TPSA) is 58.6 Å². The molecule has 5 nitrogen and oxygen atoms in total. The van der Waals surface area contributed by atoms with E-state index in [1.54, 1.807) is 4.90 Å². The van der Waals surface area contributed by atoms with Crippen LogP contribution in [0.15, 0.2) is 24.3 Å². The number of nitrogens with zero attached hydrogens (tertiary/aromatic N) is 1. The van der Waals surface area contributed by atoms with Gasteiger partial charge in [-0.2, -0.15) is 0 Å². The molecule has 2 rings (SSSR count). The van der Waals surface area contributed by atoms with Crippen LogP contribution in [-0.2, 0) is 9.53 Å². The minimum Gasteiger partial charge on any atom is -0.468 e. The normalized spacial score (nSPS) is 18.5. The molecule has 0 saturated carbocycles. The van der Waals surface area contributed by atoms with E-state index in [2.05, 4.69) is 5.32 Å². The number of benzene rings is 1. The molecule has 1 aromatic rings. The van der Waals surface area contributed by atoms with Gasteiger partial charge >= 0.3 is 12.0 Å². The first-order valence-corrected chi connectivity index (χ1v) is 7.47. The lowest BCUT2D eigenvalue weighted by molar-refractivity contribution is -0.140. The van der Waals surface area contributed by atoms with Crippen molar-refractivity contribution in [2.45, 2.75) is 12.2 Å². The number of esters is 1. The number of hydrogen-bond acceptors (Lipinski definition) is 4. The first kappa shape index (κ1) is 14.7. The Morgan fingerprint density at radius 2 is 2.05 bits per heavy atom. The number of thioether (sulfide) groups is 1. The van der Waals surface area contributed by atoms with Crippen molar-refractivity contribution >= 4 is 29.4 Å². The number of carbonyl (C=O) groups excluding carboxylic acids is 2. The van der Waals surface area contributed by atoms with E-state index in [-0.39, 0.29) is 17.3 Å². The van der Waals surface area contributed by atoms with Gasteiger partial charge in [-0.1, -0.05) is 17.7 Å². The molecule has 1 aromatic carbocycles. The summed E-state index contributed by atoms with van der Waals surface area (Å²) in [5.41, 5.74) is 1.90. The van der Waals surface area contributed by atoms with Crippen molar-refractivity contribution in [3.8, 4) is 0 Å². The number of carbonyl (C=O) groups is 2. The Balaban J connectivity index is 1.95. The van der Waals surface area contributed by atoms with Crippen LogP contribution >= 0.6 is 11.8 Å². The Kier molecular flexibility index (Phi) is 4.89. The second kappa shape index (κ2) is 6.65. The van der Waals surface area contributed by atoms with Gasteiger partial charge in [-0.05, 0) is 19.1 Å². The molecule has 0 aliphatic carbocycles. The molecule has 1 aliphatic heterocycles. The summed E-state index contributed by atoms with van der Waals surface area (Å²) in [6, 6.07) is 7.44. The van der Waals surface area contributed by atoms with Crippen LogP contribution in [-0.4, -0.2) is 48.1 Å². The van der Waals surface area contributed by atoms with E-state index in [1.165, 1.54) is 18.9 Å². The molecule has 1 aliphatic rings. The summed E-state index contributed by atoms with van der Waals surface area (Å²) >= 11 is 1.53. The lowest BCUT2D eigenvalue weighted by Gasteiger charge is -2.30. The summed E-state index contributed by atoms with van der Waals surface area (Å²) in [4.78, 5) is 25.3. The fourth-order valence-corrected chi connectivity index (χ4v) is 3.08. The van der Waals surface area contributed by atoms with Gasteiger partial charge in [0.1, 0.15) is 5.25 Å². The maximum Gasteiger partial charge on any atom is 0.321 e. The number of ether oxygens (including phenoxy) is 1. The molecule has 1 N–H and O–H groups in total. The third-order valence-corrected chi connectivity index (χ3v) is 4.28. The fourth-order valence-electron chi connectivity index (χ4n) is 1.95. The number of amides is 2. The van der Waals surface area contributed by atoms with Crippen LogP contribution in [0.2, 0.25) is 0 Å². The zero-order valence-electron chi connectivity index (χ0n) is 11.6. The summed E-state index contributed by atoms with van der Waals surface area (Å²) in [6.07, 6.45) is 0. The van der Waals surface area contributed by atoms with Crippen molar-refractivity contribution in [1.82, 2.24) is 4.90 Å². The maximum atomic E-state index is 12.2. The molecule has 108 valence electrons. The Morgan fingerprint density at radius 3 is 2.70 bits per heavy atom. The van der Waals surface area contributed by atoms with Crippen LogP contribution < -0.4 is 5.32 Å². The van der Waals surface area contributed by atoms with E-state index < -0.39 is 0 Å². The van der Waals surface area contributed by atoms with Crippen LogP contribution in [0.1, 0.15) is 5.56 Å². The maximum absolute atomic E-state index is 12.2. The Bertz CT molecular complexity index is 490. The van der Waals surface area contributed by atoms with Crippen molar-refractivity contribution in [1.29, 1.82) is 0 Å². The summed E-state index contributed by atoms with van der Waals surface area (Å²) in [5.74, 6) is 0.462. The quantitative estimate of drug-likeness (QED) is 0.849. The predicted octanol–water partition coefficient (Wildman–Crippen LogP) is 2.12. The van der Waals surface area contributed by atoms with Gasteiger partial charge in [-0.3, -0.25) is 4.79 Å². The van der Waals surface area contributed by atoms with Crippen molar-refractivity contribution in [2.75, 3.05) is 31.3 Å². The van der Waals surface area contributed by atoms with Crippen LogP contribution in [0, 0.1) is 6.92 Å². The molecule has 0 unspecified atom stereocenters. The van der Waals surface area contributed by atoms with E-state index >= 15 is 0 Å². The number of urea groups is 1. The average Bonchev–Trinajstić information content (AvgIpc) is 2.49. The van der Waals surface area contributed by atoms with Gasteiger partial charge in [0.2, 0.25) is 0 Å². The molecule has 20 heavy (non-hydrogen) atoms. The van der Waals surface area contributed by atoms with Crippen molar-refractivity contribution in [2.24, 2.45) is 0 Å². The van der Waals surface area contributed by atoms with Crippen LogP contribution in [0.4, 0.5) is 10.5 Å². The van der Waals surface area contributed by atoms with Gasteiger partial charge in [-0.25, -0.2) is 4.79 Å². The zero-order valence-corrected chi connectivity index (χ0v) is 12.4. The molecule has 0 spiro atoms. The largest absolute Gasteiger partial charge is 0.468 e. The number of hydrogen-bond donors (Lipinski definition) is 1. The second-order valence-corrected chi connectivity index (χ2v) is 5.94. The van der Waals surface area contributed by atoms with E-state index in [1.807, 2.05) is 31.2 Å². The van der Waals surface area contributed by atoms with E-state index in [9.17, 15) is 9.59 Å². The summed E-state index contributed by atoms with van der Waals surface area (Å²) in [6.45, 7) is 3.01. The Labute approximate surface area is 122 Å². The third-order valence-electron chi connectivity index (χ3n) is 3.12. The third kappa shape index (κ3) is 3.66. The number of anilines is 1. The molecule has 6 heteroatoms. The Morgan fingerprint density at radius 1 is 1.35 bits per heavy atom. The van der Waals surface area contributed by atoms with Crippen molar-refractivity contribution in [3.05, 3.63) is 29.8 Å². The van der Waals surface area contributed by atoms with Crippen LogP contribution in [0.25, 0.3) is 0 Å². The highest BCUT2D eigenvalue weighted by molar-refractivity contribution is 8.00. The molecule has 0 radical (unpaired) electrons. The van der Waals surface area contributed by atoms with Crippen molar-refractivity contribution in [3.63, 3.8) is 0 Å². The molecule has 1 heterocycles. The first-order valence-electron chi connectivity index (χ1n) is 6.42. The highest BCUT2D eigenvalue weighted by Gasteiger charge is 2.29. The number of rotatable bonds is 2. The van der Waals surface area contributed by atoms with E-state index in [4.69, 9.17) is 4.74 Å². The smallest absolute Gasteiger partial charge is 0.321 e. The van der Waals surface area contributed by atoms with Gasteiger partial charge < -0.3 is 15.0 Å². The SMILES string of the molecule is COC(=O)[C@H]1CN(C(=O)Nc2ccc(C)cc2)CCS1. The summed E-state index contributed by atoms with van der Waals surface area (Å²) in [7, 11) is 1.37. The highest BCUT2D eigenvalue weighted by atomic mass is 32.2. The van der Waals surface area contributed by atoms with Gasteiger partial charge in [0.15, 0.2) is 0 Å². The standard InChI is InChI=1S/C14H18N2O3S/c1-10-3-5-11(6-4-10)15-14(18)16-7-8-20-12(9-16)13(17)19-2/h3-6,12H,7-9H2,1-2H3,(H,15,18)/t12-/m1/s1. The lowest BCUT2D eigenvalue weighted by Crippen LogP contribution is -2.46. The van der Waals surface area contributed by atoms with E-state index in [0.29, 0.717) is 13.1 Å². The predicted molar refractivity (Wildman–Crippen MR) is 80.0 cm³/mol. The van der Waals surface area contributed by atoms with Crippen LogP contribution in [0.3, 0.4) is 0 Å². The molecular weight excluding hydrogens is 276 g/mol. The van der Waals surface area contributed by atoms with Crippen molar-refractivity contribution < 1.29 is 14.3 Å². The summed E-state index contributed by atoms with van der Waals surface area (Å²) in [5, 5.41) is 2.55. The van der Waals surface area contributed by atoms with Gasteiger partial charge in [-0.15, -0.1) is 11.8 Å². The second-order valence-electron chi connectivity index (χ2n) is 4.62. The fraction of sp³-hybridized carbons (Fsp3) is 0.429. The number of aryl methyl sites for hydroxylation is 1. The van der Waals surface area contributed by atoms with Gasteiger partial charge in [0.25, 0.3) is 0 Å². The summed E-state index contributed by atoms with van der Waals surface area (Å²) < 4.78 is 4.73. The molecule has 0 aromatic heterocycles. The zero-order chi connectivity index (χ0) is 14.5. The molecule has 0 bridgehead atoms. The van der Waals surface area contributed by atoms with E-state index in [0.717, 1.165) is 17.0 Å². The first-order chi connectivity index (χ1) is 9.60. The lowest BCUT2D eigenvalue weighted by atomic mass is 10.2. The number of nitrogens with one attached hydrogen (secondary N) is 1. The van der Waals surface area contributed by atoms with Gasteiger partial charge in [0, 0.05) is 24.5 Å². The highest BCUT2D eigenvalue weighted by Crippen LogP contribution is 2.20. The van der Waals surface area contributed by atoms with Gasteiger partial charge in [0.05, 0.1) is 7.11 Å². The average molecular weight is 294 g/mol. The van der Waals surface area contributed by atoms with Crippen LogP contribution in [0.5, 0.6) is 0 Å². The molecule has 1 fully saturated rings. The Hall–Kier alpha value is -1.69. The minimum absolute atomic E-state index is 0.178. The molecular formula is C14H18N2O3S. The minimum atomic E-state index is -0.294. The molecule has 1 atom stereocenters. The number of methoxy groups -OCH3 is 1. The molecule has 1 saturated heterocycles. The monoisotopic (exact) mass is 294 g/mol. The molecule has 2 amide bonds.